The number of sulfone groups is 1. The standard InChI is InChI=1S/C16H16F3N3O5S2/c1-2-21(10-15(23)20-9-11-4-3-7-28-11)13-6-5-12(8-14(13)22(24)25)29(26,27)16(17,18)19/h3-8H,2,9-10H2,1H3,(H,20,23). The highest BCUT2D eigenvalue weighted by molar-refractivity contribution is 7.92. The van der Waals surface area contributed by atoms with Gasteiger partial charge < -0.3 is 10.2 Å². The lowest BCUT2D eigenvalue weighted by molar-refractivity contribution is -0.384. The van der Waals surface area contributed by atoms with E-state index in [-0.39, 0.29) is 25.3 Å². The van der Waals surface area contributed by atoms with Gasteiger partial charge in [-0.2, -0.15) is 13.2 Å². The summed E-state index contributed by atoms with van der Waals surface area (Å²) in [5.41, 5.74) is -6.60. The summed E-state index contributed by atoms with van der Waals surface area (Å²) in [6, 6.07) is 5.51. The second-order valence-electron chi connectivity index (χ2n) is 5.73. The predicted octanol–water partition coefficient (Wildman–Crippen LogP) is 3.09. The summed E-state index contributed by atoms with van der Waals surface area (Å²) in [5, 5.41) is 15.8. The lowest BCUT2D eigenvalue weighted by Gasteiger charge is -2.22. The van der Waals surface area contributed by atoms with Gasteiger partial charge in [-0.15, -0.1) is 11.3 Å². The van der Waals surface area contributed by atoms with Crippen LogP contribution in [0.3, 0.4) is 0 Å². The monoisotopic (exact) mass is 451 g/mol. The maximum atomic E-state index is 12.7. The van der Waals surface area contributed by atoms with Crippen LogP contribution in [-0.2, 0) is 21.2 Å². The summed E-state index contributed by atoms with van der Waals surface area (Å²) < 4.78 is 61.3. The number of rotatable bonds is 8. The van der Waals surface area contributed by atoms with Crippen molar-refractivity contribution in [1.82, 2.24) is 5.32 Å². The van der Waals surface area contributed by atoms with Crippen LogP contribution in [0.2, 0.25) is 0 Å². The Morgan fingerprint density at radius 1 is 1.31 bits per heavy atom. The highest BCUT2D eigenvalue weighted by atomic mass is 32.2. The fourth-order valence-electron chi connectivity index (χ4n) is 2.41. The van der Waals surface area contributed by atoms with Crippen molar-refractivity contribution < 1.29 is 31.3 Å². The van der Waals surface area contributed by atoms with Crippen LogP contribution in [-0.4, -0.2) is 37.8 Å². The Kier molecular flexibility index (Phi) is 6.85. The first-order valence-electron chi connectivity index (χ1n) is 8.11. The van der Waals surface area contributed by atoms with Crippen molar-refractivity contribution in [3.8, 4) is 0 Å². The maximum absolute atomic E-state index is 12.7. The molecular weight excluding hydrogens is 435 g/mol. The highest BCUT2D eigenvalue weighted by Crippen LogP contribution is 2.36. The first kappa shape index (κ1) is 22.6. The molecule has 13 heteroatoms. The van der Waals surface area contributed by atoms with Crippen molar-refractivity contribution in [2.75, 3.05) is 18.0 Å². The maximum Gasteiger partial charge on any atom is 0.501 e. The first-order valence-corrected chi connectivity index (χ1v) is 10.5. The van der Waals surface area contributed by atoms with Crippen molar-refractivity contribution in [1.29, 1.82) is 0 Å². The van der Waals surface area contributed by atoms with Crippen molar-refractivity contribution in [3.63, 3.8) is 0 Å². The van der Waals surface area contributed by atoms with E-state index in [0.29, 0.717) is 12.1 Å². The number of likely N-dealkylation sites (N-methyl/N-ethyl adjacent to an activating group) is 1. The lowest BCUT2D eigenvalue weighted by Crippen LogP contribution is -2.37. The van der Waals surface area contributed by atoms with Gasteiger partial charge in [-0.25, -0.2) is 8.42 Å². The number of halogens is 3. The minimum atomic E-state index is -5.74. The third kappa shape index (κ3) is 5.23. The third-order valence-corrected chi connectivity index (χ3v) is 6.22. The van der Waals surface area contributed by atoms with E-state index in [1.165, 1.54) is 16.2 Å². The number of nitrogens with zero attached hydrogens (tertiary/aromatic N) is 2. The quantitative estimate of drug-likeness (QED) is 0.488. The number of benzene rings is 1. The van der Waals surface area contributed by atoms with Crippen LogP contribution in [0, 0.1) is 10.1 Å². The molecule has 1 aromatic heterocycles. The topological polar surface area (TPSA) is 110 Å². The Morgan fingerprint density at radius 2 is 2.00 bits per heavy atom. The summed E-state index contributed by atoms with van der Waals surface area (Å²) in [4.78, 5) is 23.4. The van der Waals surface area contributed by atoms with E-state index in [1.807, 2.05) is 17.5 Å². The summed E-state index contributed by atoms with van der Waals surface area (Å²) in [6.45, 7) is 1.68. The molecular formula is C16H16F3N3O5S2. The van der Waals surface area contributed by atoms with E-state index in [1.54, 1.807) is 6.92 Å². The van der Waals surface area contributed by atoms with Crippen LogP contribution in [0.4, 0.5) is 24.5 Å². The van der Waals surface area contributed by atoms with Gasteiger partial charge in [0, 0.05) is 17.5 Å². The number of hydrogen-bond donors (Lipinski definition) is 1. The van der Waals surface area contributed by atoms with E-state index in [4.69, 9.17) is 0 Å². The fraction of sp³-hybridized carbons (Fsp3) is 0.312. The molecule has 1 N–H and O–H groups in total. The van der Waals surface area contributed by atoms with E-state index in [2.05, 4.69) is 5.32 Å². The molecule has 2 aromatic rings. The van der Waals surface area contributed by atoms with E-state index in [9.17, 15) is 36.5 Å². The minimum Gasteiger partial charge on any atom is -0.357 e. The van der Waals surface area contributed by atoms with Gasteiger partial charge in [0.2, 0.25) is 5.91 Å². The van der Waals surface area contributed by atoms with E-state index >= 15 is 0 Å². The molecule has 0 aliphatic heterocycles. The summed E-state index contributed by atoms with van der Waals surface area (Å²) in [7, 11) is -5.74. The number of thiophene rings is 1. The van der Waals surface area contributed by atoms with Crippen LogP contribution >= 0.6 is 11.3 Å². The molecule has 8 nitrogen and oxygen atoms in total. The van der Waals surface area contributed by atoms with Gasteiger partial charge in [-0.05, 0) is 30.5 Å². The zero-order valence-corrected chi connectivity index (χ0v) is 16.6. The van der Waals surface area contributed by atoms with Crippen molar-refractivity contribution >= 4 is 38.5 Å². The molecule has 0 saturated carbocycles. The van der Waals surface area contributed by atoms with E-state index < -0.39 is 36.8 Å². The summed E-state index contributed by atoms with van der Waals surface area (Å²) in [5.74, 6) is -0.457. The SMILES string of the molecule is CCN(CC(=O)NCc1cccs1)c1ccc(S(=O)(=O)C(F)(F)F)cc1[N+](=O)[O-]. The molecule has 1 amide bonds. The normalized spacial score (nSPS) is 11.9. The molecule has 158 valence electrons. The largest absolute Gasteiger partial charge is 0.501 e. The van der Waals surface area contributed by atoms with Crippen LogP contribution in [0.15, 0.2) is 40.6 Å². The number of anilines is 1. The number of nitrogens with one attached hydrogen (secondary N) is 1. The Bertz CT molecular complexity index is 992. The lowest BCUT2D eigenvalue weighted by atomic mass is 10.2. The van der Waals surface area contributed by atoms with Gasteiger partial charge in [-0.1, -0.05) is 6.07 Å². The molecule has 0 unspecified atom stereocenters. The molecule has 0 fully saturated rings. The molecule has 29 heavy (non-hydrogen) atoms. The average molecular weight is 451 g/mol. The molecule has 2 rings (SSSR count). The molecule has 0 aliphatic rings. The molecule has 1 aromatic carbocycles. The predicted molar refractivity (Wildman–Crippen MR) is 100 cm³/mol. The van der Waals surface area contributed by atoms with Crippen LogP contribution in [0.1, 0.15) is 11.8 Å². The number of carbonyl (C=O) groups is 1. The minimum absolute atomic E-state index is 0.124. The number of carbonyl (C=O) groups excluding carboxylic acids is 1. The number of alkyl halides is 3. The van der Waals surface area contributed by atoms with Gasteiger partial charge in [-0.3, -0.25) is 14.9 Å². The second-order valence-corrected chi connectivity index (χ2v) is 8.70. The highest BCUT2D eigenvalue weighted by Gasteiger charge is 2.47. The molecule has 0 atom stereocenters. The first-order chi connectivity index (χ1) is 13.5. The summed E-state index contributed by atoms with van der Waals surface area (Å²) in [6.07, 6.45) is 0. The Balaban J connectivity index is 2.28. The molecule has 0 radical (unpaired) electrons. The summed E-state index contributed by atoms with van der Waals surface area (Å²) >= 11 is 1.43. The average Bonchev–Trinajstić information content (AvgIpc) is 3.16. The number of nitro benzene ring substituents is 1. The van der Waals surface area contributed by atoms with E-state index in [0.717, 1.165) is 10.9 Å². The number of hydrogen-bond acceptors (Lipinski definition) is 7. The number of nitro groups is 1. The molecule has 0 aliphatic carbocycles. The Morgan fingerprint density at radius 3 is 2.52 bits per heavy atom. The molecule has 0 bridgehead atoms. The zero-order valence-electron chi connectivity index (χ0n) is 15.0. The van der Waals surface area contributed by atoms with Gasteiger partial charge in [0.05, 0.1) is 22.9 Å². The second kappa shape index (κ2) is 8.78. The Hall–Kier alpha value is -2.67. The van der Waals surface area contributed by atoms with Crippen LogP contribution < -0.4 is 10.2 Å². The van der Waals surface area contributed by atoms with Crippen molar-refractivity contribution in [2.24, 2.45) is 0 Å². The Labute approximate surface area is 168 Å². The number of amides is 1. The third-order valence-electron chi connectivity index (χ3n) is 3.86. The van der Waals surface area contributed by atoms with Gasteiger partial charge >= 0.3 is 5.51 Å². The molecule has 0 spiro atoms. The van der Waals surface area contributed by atoms with Crippen molar-refractivity contribution in [2.45, 2.75) is 23.9 Å². The molecule has 1 heterocycles. The zero-order chi connectivity index (χ0) is 21.8. The smallest absolute Gasteiger partial charge is 0.357 e. The van der Waals surface area contributed by atoms with Gasteiger partial charge in [0.15, 0.2) is 0 Å². The van der Waals surface area contributed by atoms with Gasteiger partial charge in [0.1, 0.15) is 5.69 Å². The fourth-order valence-corrected chi connectivity index (χ4v) is 3.84. The van der Waals surface area contributed by atoms with Gasteiger partial charge in [0.25, 0.3) is 15.5 Å². The van der Waals surface area contributed by atoms with Crippen LogP contribution in [0.5, 0.6) is 0 Å². The van der Waals surface area contributed by atoms with Crippen LogP contribution in [0.25, 0.3) is 0 Å². The van der Waals surface area contributed by atoms with Crippen molar-refractivity contribution in [3.05, 3.63) is 50.7 Å². The molecule has 0 saturated heterocycles.